The number of likely N-dealkylation sites (N-methyl/N-ethyl adjacent to an activating group) is 1. The van der Waals surface area contributed by atoms with Gasteiger partial charge in [-0.15, -0.1) is 0 Å². The first-order valence-electron chi connectivity index (χ1n) is 8.96. The van der Waals surface area contributed by atoms with E-state index in [4.69, 9.17) is 0 Å². The molecule has 1 saturated heterocycles. The van der Waals surface area contributed by atoms with E-state index in [9.17, 15) is 14.5 Å². The number of hydrogen-bond acceptors (Lipinski definition) is 4. The average molecular weight is 368 g/mol. The summed E-state index contributed by atoms with van der Waals surface area (Å²) in [6, 6.07) is 11.2. The number of non-ortho nitro benzene ring substituents is 1. The zero-order chi connectivity index (χ0) is 19.0. The molecule has 27 heavy (non-hydrogen) atoms. The van der Waals surface area contributed by atoms with E-state index in [0.29, 0.717) is 0 Å². The maximum Gasteiger partial charge on any atom is 0.270 e. The van der Waals surface area contributed by atoms with Gasteiger partial charge in [0, 0.05) is 62.1 Å². The van der Waals surface area contributed by atoms with Crippen molar-refractivity contribution in [1.82, 2.24) is 14.4 Å². The lowest BCUT2D eigenvalue weighted by Crippen LogP contribution is -2.43. The molecular weight excluding hydrogens is 347 g/mol. The van der Waals surface area contributed by atoms with Gasteiger partial charge < -0.3 is 9.47 Å². The molecule has 140 valence electrons. The Morgan fingerprint density at radius 1 is 1.07 bits per heavy atom. The number of nitrogens with zero attached hydrogens (tertiary/aromatic N) is 4. The number of piperazine rings is 1. The predicted octanol–water partition coefficient (Wildman–Crippen LogP) is 3.43. The summed E-state index contributed by atoms with van der Waals surface area (Å²) in [5.74, 6) is -0.288. The number of nitro groups is 1. The van der Waals surface area contributed by atoms with E-state index < -0.39 is 0 Å². The van der Waals surface area contributed by atoms with E-state index in [-0.39, 0.29) is 16.4 Å². The SMILES string of the molecule is CN1CCN(Cc2cn(-c3ccc(F)cc3)c3ccc([N+](=O)[O-])cc23)CC1. The number of hydrogen-bond donors (Lipinski definition) is 0. The summed E-state index contributed by atoms with van der Waals surface area (Å²) in [5, 5.41) is 12.1. The highest BCUT2D eigenvalue weighted by molar-refractivity contribution is 5.87. The van der Waals surface area contributed by atoms with Gasteiger partial charge in [-0.25, -0.2) is 4.39 Å². The molecule has 0 unspecified atom stereocenters. The highest BCUT2D eigenvalue weighted by Gasteiger charge is 2.19. The fourth-order valence-electron chi connectivity index (χ4n) is 3.59. The summed E-state index contributed by atoms with van der Waals surface area (Å²) < 4.78 is 15.3. The minimum Gasteiger partial charge on any atom is -0.316 e. The summed E-state index contributed by atoms with van der Waals surface area (Å²) in [7, 11) is 2.11. The second kappa shape index (κ2) is 7.09. The fourth-order valence-corrected chi connectivity index (χ4v) is 3.59. The Kier molecular flexibility index (Phi) is 4.63. The normalized spacial score (nSPS) is 16.1. The molecule has 0 aliphatic carbocycles. The first-order chi connectivity index (χ1) is 13.0. The number of aromatic nitrogens is 1. The highest BCUT2D eigenvalue weighted by atomic mass is 19.1. The molecule has 2 aromatic carbocycles. The Morgan fingerprint density at radius 3 is 2.44 bits per heavy atom. The van der Waals surface area contributed by atoms with Gasteiger partial charge in [0.25, 0.3) is 5.69 Å². The number of nitro benzene ring substituents is 1. The highest BCUT2D eigenvalue weighted by Crippen LogP contribution is 2.29. The van der Waals surface area contributed by atoms with Gasteiger partial charge in [0.05, 0.1) is 10.4 Å². The van der Waals surface area contributed by atoms with Gasteiger partial charge in [0.15, 0.2) is 0 Å². The molecule has 0 spiro atoms. The van der Waals surface area contributed by atoms with Crippen LogP contribution in [0.5, 0.6) is 0 Å². The monoisotopic (exact) mass is 368 g/mol. The first kappa shape index (κ1) is 17.6. The molecule has 1 fully saturated rings. The van der Waals surface area contributed by atoms with Gasteiger partial charge in [0.2, 0.25) is 0 Å². The lowest BCUT2D eigenvalue weighted by atomic mass is 10.1. The summed E-state index contributed by atoms with van der Waals surface area (Å²) in [5.41, 5.74) is 2.85. The van der Waals surface area contributed by atoms with Crippen molar-refractivity contribution in [1.29, 1.82) is 0 Å². The van der Waals surface area contributed by atoms with Crippen molar-refractivity contribution in [3.8, 4) is 5.69 Å². The van der Waals surface area contributed by atoms with Crippen LogP contribution in [-0.4, -0.2) is 52.5 Å². The molecular formula is C20H21FN4O2. The van der Waals surface area contributed by atoms with Crippen LogP contribution in [0.2, 0.25) is 0 Å². The van der Waals surface area contributed by atoms with Crippen LogP contribution in [0, 0.1) is 15.9 Å². The van der Waals surface area contributed by atoms with Crippen LogP contribution in [0.1, 0.15) is 5.56 Å². The summed E-state index contributed by atoms with van der Waals surface area (Å²) in [4.78, 5) is 15.5. The summed E-state index contributed by atoms with van der Waals surface area (Å²) in [6.45, 7) is 4.69. The second-order valence-corrected chi connectivity index (χ2v) is 7.04. The van der Waals surface area contributed by atoms with E-state index in [1.54, 1.807) is 24.3 Å². The number of fused-ring (bicyclic) bond motifs is 1. The van der Waals surface area contributed by atoms with E-state index in [0.717, 1.165) is 54.9 Å². The van der Waals surface area contributed by atoms with Crippen molar-refractivity contribution in [2.45, 2.75) is 6.54 Å². The van der Waals surface area contributed by atoms with Crippen molar-refractivity contribution in [3.05, 3.63) is 70.2 Å². The maximum absolute atomic E-state index is 13.3. The lowest BCUT2D eigenvalue weighted by Gasteiger charge is -2.32. The third-order valence-corrected chi connectivity index (χ3v) is 5.18. The van der Waals surface area contributed by atoms with Crippen LogP contribution < -0.4 is 0 Å². The third-order valence-electron chi connectivity index (χ3n) is 5.18. The first-order valence-corrected chi connectivity index (χ1v) is 8.96. The van der Waals surface area contributed by atoms with E-state index >= 15 is 0 Å². The van der Waals surface area contributed by atoms with Gasteiger partial charge in [-0.3, -0.25) is 15.0 Å². The molecule has 0 N–H and O–H groups in total. The van der Waals surface area contributed by atoms with Crippen molar-refractivity contribution < 1.29 is 9.31 Å². The molecule has 2 heterocycles. The van der Waals surface area contributed by atoms with E-state index in [1.807, 2.05) is 10.8 Å². The van der Waals surface area contributed by atoms with Crippen LogP contribution in [0.4, 0.5) is 10.1 Å². The molecule has 1 aliphatic heterocycles. The number of rotatable bonds is 4. The molecule has 7 heteroatoms. The Bertz CT molecular complexity index is 976. The topological polar surface area (TPSA) is 54.5 Å². The van der Waals surface area contributed by atoms with Crippen molar-refractivity contribution in [2.75, 3.05) is 33.2 Å². The van der Waals surface area contributed by atoms with Gasteiger partial charge in [0.1, 0.15) is 5.82 Å². The zero-order valence-electron chi connectivity index (χ0n) is 15.1. The quantitative estimate of drug-likeness (QED) is 0.523. The number of benzene rings is 2. The molecule has 3 aromatic rings. The summed E-state index contributed by atoms with van der Waals surface area (Å²) >= 11 is 0. The smallest absolute Gasteiger partial charge is 0.270 e. The molecule has 0 bridgehead atoms. The second-order valence-electron chi connectivity index (χ2n) is 7.04. The molecule has 0 amide bonds. The lowest BCUT2D eigenvalue weighted by molar-refractivity contribution is -0.384. The molecule has 4 rings (SSSR count). The van der Waals surface area contributed by atoms with Gasteiger partial charge in [-0.1, -0.05) is 0 Å². The van der Waals surface area contributed by atoms with Crippen molar-refractivity contribution >= 4 is 16.6 Å². The van der Waals surface area contributed by atoms with Crippen LogP contribution in [0.25, 0.3) is 16.6 Å². The van der Waals surface area contributed by atoms with Crippen LogP contribution >= 0.6 is 0 Å². The van der Waals surface area contributed by atoms with Crippen LogP contribution in [0.3, 0.4) is 0 Å². The maximum atomic E-state index is 13.3. The van der Waals surface area contributed by atoms with Gasteiger partial charge in [-0.05, 0) is 42.9 Å². The largest absolute Gasteiger partial charge is 0.316 e. The van der Waals surface area contributed by atoms with Gasteiger partial charge >= 0.3 is 0 Å². The molecule has 1 aliphatic rings. The summed E-state index contributed by atoms with van der Waals surface area (Å²) in [6.07, 6.45) is 2.01. The predicted molar refractivity (Wildman–Crippen MR) is 103 cm³/mol. The standard InChI is InChI=1S/C20H21FN4O2/c1-22-8-10-23(11-9-22)13-15-14-24(17-4-2-16(21)3-5-17)20-7-6-18(25(26)27)12-19(15)20/h2-7,12,14H,8-11,13H2,1H3. The van der Waals surface area contributed by atoms with Crippen LogP contribution in [-0.2, 0) is 6.54 Å². The fraction of sp³-hybridized carbons (Fsp3) is 0.300. The Balaban J connectivity index is 1.77. The minimum absolute atomic E-state index is 0.0824. The Morgan fingerprint density at radius 2 is 1.78 bits per heavy atom. The molecule has 1 aromatic heterocycles. The van der Waals surface area contributed by atoms with Crippen molar-refractivity contribution in [2.24, 2.45) is 0 Å². The Hall–Kier alpha value is -2.77. The van der Waals surface area contributed by atoms with Gasteiger partial charge in [-0.2, -0.15) is 0 Å². The van der Waals surface area contributed by atoms with E-state index in [2.05, 4.69) is 16.8 Å². The zero-order valence-corrected chi connectivity index (χ0v) is 15.1. The van der Waals surface area contributed by atoms with Crippen molar-refractivity contribution in [3.63, 3.8) is 0 Å². The van der Waals surface area contributed by atoms with E-state index in [1.165, 1.54) is 18.2 Å². The Labute approximate surface area is 156 Å². The third kappa shape index (κ3) is 3.56. The average Bonchev–Trinajstić information content (AvgIpc) is 3.02. The molecule has 0 radical (unpaired) electrons. The number of halogens is 1. The minimum atomic E-state index is -0.367. The van der Waals surface area contributed by atoms with Crippen LogP contribution in [0.15, 0.2) is 48.7 Å². The molecule has 0 atom stereocenters. The molecule has 0 saturated carbocycles. The molecule has 6 nitrogen and oxygen atoms in total.